The van der Waals surface area contributed by atoms with Crippen molar-refractivity contribution in [3.63, 3.8) is 0 Å². The van der Waals surface area contributed by atoms with Gasteiger partial charge >= 0.3 is 7.12 Å². The normalized spacial score (nSPS) is 21.5. The largest absolute Gasteiger partial charge is 0.494 e. The maximum absolute atomic E-state index is 6.24. The van der Waals surface area contributed by atoms with E-state index in [4.69, 9.17) is 9.31 Å². The first-order valence-electron chi connectivity index (χ1n) is 9.73. The van der Waals surface area contributed by atoms with Gasteiger partial charge in [-0.2, -0.15) is 0 Å². The Morgan fingerprint density at radius 1 is 0.815 bits per heavy atom. The molecule has 0 radical (unpaired) electrons. The summed E-state index contributed by atoms with van der Waals surface area (Å²) in [4.78, 5) is 0. The number of nitrogens with zero attached hydrogens (tertiary/aromatic N) is 1. The van der Waals surface area contributed by atoms with Gasteiger partial charge in [-0.05, 0) is 62.3 Å². The lowest BCUT2D eigenvalue weighted by Gasteiger charge is -2.32. The molecule has 0 unspecified atom stereocenters. The number of rotatable bonds is 1. The van der Waals surface area contributed by atoms with Gasteiger partial charge in [-0.3, -0.25) is 0 Å². The second kappa shape index (κ2) is 5.06. The maximum Gasteiger partial charge on any atom is 0.494 e. The van der Waals surface area contributed by atoms with E-state index in [0.717, 1.165) is 5.46 Å². The number of hydrogen-bond donors (Lipinski definition) is 0. The Morgan fingerprint density at radius 2 is 1.48 bits per heavy atom. The van der Waals surface area contributed by atoms with Crippen molar-refractivity contribution >= 4 is 23.5 Å². The molecule has 0 saturated carbocycles. The molecule has 27 heavy (non-hydrogen) atoms. The highest BCUT2D eigenvalue weighted by Gasteiger charge is 2.51. The predicted molar refractivity (Wildman–Crippen MR) is 111 cm³/mol. The minimum absolute atomic E-state index is 0.000116. The van der Waals surface area contributed by atoms with E-state index >= 15 is 0 Å². The van der Waals surface area contributed by atoms with Crippen LogP contribution in [0.1, 0.15) is 52.8 Å². The lowest BCUT2D eigenvalue weighted by Crippen LogP contribution is -2.41. The van der Waals surface area contributed by atoms with Gasteiger partial charge in [0.15, 0.2) is 0 Å². The lowest BCUT2D eigenvalue weighted by atomic mass is 9.78. The van der Waals surface area contributed by atoms with E-state index in [0.29, 0.717) is 0 Å². The molecule has 1 fully saturated rings. The fraction of sp³-hybridized carbons (Fsp3) is 0.391. The minimum Gasteiger partial charge on any atom is -0.399 e. The average Bonchev–Trinajstić information content (AvgIpc) is 3.16. The number of fused-ring (bicyclic) bond motifs is 5. The fourth-order valence-corrected chi connectivity index (χ4v) is 4.41. The van der Waals surface area contributed by atoms with Crippen LogP contribution in [-0.2, 0) is 14.7 Å². The van der Waals surface area contributed by atoms with E-state index in [1.165, 1.54) is 27.8 Å². The molecule has 4 heteroatoms. The molecule has 2 aliphatic heterocycles. The van der Waals surface area contributed by atoms with Gasteiger partial charge in [0.1, 0.15) is 0 Å². The van der Waals surface area contributed by atoms with Gasteiger partial charge in [-0.25, -0.2) is 0 Å². The van der Waals surface area contributed by atoms with Gasteiger partial charge in [-0.1, -0.05) is 44.2 Å². The molecule has 1 aromatic heterocycles. The molecule has 1 saturated heterocycles. The number of para-hydroxylation sites is 1. The molecule has 0 atom stereocenters. The summed E-state index contributed by atoms with van der Waals surface area (Å²) < 4.78 is 14.9. The summed E-state index contributed by atoms with van der Waals surface area (Å²) in [7, 11) is -0.325. The van der Waals surface area contributed by atoms with Crippen LogP contribution in [0.25, 0.3) is 16.6 Å². The second-order valence-corrected chi connectivity index (χ2v) is 9.41. The maximum atomic E-state index is 6.24. The molecule has 2 aliphatic rings. The highest BCUT2D eigenvalue weighted by Crippen LogP contribution is 2.45. The van der Waals surface area contributed by atoms with Gasteiger partial charge in [0, 0.05) is 16.8 Å². The van der Waals surface area contributed by atoms with Crippen molar-refractivity contribution in [3.05, 3.63) is 59.8 Å². The van der Waals surface area contributed by atoms with Gasteiger partial charge in [-0.15, -0.1) is 0 Å². The van der Waals surface area contributed by atoms with E-state index in [1.54, 1.807) is 0 Å². The highest BCUT2D eigenvalue weighted by molar-refractivity contribution is 6.62. The SMILES string of the molecule is CC1(C)c2ccccc2-n2c1cc1cc(B3OC(C)(C)C(C)(C)O3)ccc12. The highest BCUT2D eigenvalue weighted by atomic mass is 16.7. The Hall–Kier alpha value is -2.04. The van der Waals surface area contributed by atoms with E-state index in [1.807, 2.05) is 0 Å². The summed E-state index contributed by atoms with van der Waals surface area (Å²) in [5, 5.41) is 1.24. The summed E-state index contributed by atoms with van der Waals surface area (Å²) >= 11 is 0. The molecule has 3 nitrogen and oxygen atoms in total. The zero-order valence-corrected chi connectivity index (χ0v) is 17.0. The first-order valence-corrected chi connectivity index (χ1v) is 9.73. The lowest BCUT2D eigenvalue weighted by molar-refractivity contribution is 0.00578. The van der Waals surface area contributed by atoms with Crippen molar-refractivity contribution in [1.82, 2.24) is 4.57 Å². The molecule has 2 aromatic carbocycles. The first kappa shape index (κ1) is 17.1. The van der Waals surface area contributed by atoms with Crippen molar-refractivity contribution in [1.29, 1.82) is 0 Å². The third-order valence-electron chi connectivity index (χ3n) is 6.81. The Bertz CT molecular complexity index is 1060. The molecule has 3 aromatic rings. The van der Waals surface area contributed by atoms with E-state index in [9.17, 15) is 0 Å². The summed E-state index contributed by atoms with van der Waals surface area (Å²) in [5.41, 5.74) is 5.68. The molecule has 5 rings (SSSR count). The van der Waals surface area contributed by atoms with E-state index in [-0.39, 0.29) is 23.7 Å². The summed E-state index contributed by atoms with van der Waals surface area (Å²) in [6.07, 6.45) is 0. The zero-order valence-electron chi connectivity index (χ0n) is 17.0. The molecule has 3 heterocycles. The van der Waals surface area contributed by atoms with Crippen molar-refractivity contribution in [2.45, 2.75) is 58.2 Å². The molecule has 0 aliphatic carbocycles. The van der Waals surface area contributed by atoms with Crippen LogP contribution >= 0.6 is 0 Å². The number of aromatic nitrogens is 1. The quantitative estimate of drug-likeness (QED) is 0.594. The van der Waals surface area contributed by atoms with Crippen LogP contribution in [0.2, 0.25) is 0 Å². The van der Waals surface area contributed by atoms with E-state index in [2.05, 4.69) is 94.6 Å². The van der Waals surface area contributed by atoms with Crippen LogP contribution in [0.3, 0.4) is 0 Å². The Labute approximate surface area is 161 Å². The molecular formula is C23H26BNO2. The van der Waals surface area contributed by atoms with Crippen LogP contribution in [0, 0.1) is 0 Å². The molecule has 0 amide bonds. The van der Waals surface area contributed by atoms with Crippen molar-refractivity contribution in [2.75, 3.05) is 0 Å². The van der Waals surface area contributed by atoms with Crippen LogP contribution in [0.15, 0.2) is 48.5 Å². The van der Waals surface area contributed by atoms with Crippen molar-refractivity contribution in [3.8, 4) is 5.69 Å². The van der Waals surface area contributed by atoms with Gasteiger partial charge in [0.25, 0.3) is 0 Å². The monoisotopic (exact) mass is 359 g/mol. The van der Waals surface area contributed by atoms with Gasteiger partial charge in [0.05, 0.1) is 16.7 Å². The van der Waals surface area contributed by atoms with Crippen molar-refractivity contribution in [2.24, 2.45) is 0 Å². The Kier molecular flexibility index (Phi) is 3.20. The molecular weight excluding hydrogens is 333 g/mol. The van der Waals surface area contributed by atoms with Crippen LogP contribution < -0.4 is 5.46 Å². The van der Waals surface area contributed by atoms with Crippen LogP contribution in [0.4, 0.5) is 0 Å². The zero-order chi connectivity index (χ0) is 19.2. The Morgan fingerprint density at radius 3 is 2.19 bits per heavy atom. The molecule has 138 valence electrons. The third kappa shape index (κ3) is 2.17. The summed E-state index contributed by atoms with van der Waals surface area (Å²) in [6, 6.07) is 17.6. The van der Waals surface area contributed by atoms with Gasteiger partial charge in [0.2, 0.25) is 0 Å². The standard InChI is InChI=1S/C23H26BNO2/c1-21(2)17-9-7-8-10-19(17)25-18-12-11-16(13-15(18)14-20(21)25)24-26-22(3,4)23(5,6)27-24/h7-14H,1-6H3. The smallest absolute Gasteiger partial charge is 0.399 e. The second-order valence-electron chi connectivity index (χ2n) is 9.41. The third-order valence-corrected chi connectivity index (χ3v) is 6.81. The van der Waals surface area contributed by atoms with Gasteiger partial charge < -0.3 is 13.9 Å². The van der Waals surface area contributed by atoms with E-state index < -0.39 is 0 Å². The Balaban J connectivity index is 1.64. The minimum atomic E-state index is -0.325. The summed E-state index contributed by atoms with van der Waals surface area (Å²) in [5.74, 6) is 0. The number of benzene rings is 2. The number of hydrogen-bond acceptors (Lipinski definition) is 2. The average molecular weight is 359 g/mol. The predicted octanol–water partition coefficient (Wildman–Crippen LogP) is 4.57. The molecule has 0 bridgehead atoms. The molecule has 0 N–H and O–H groups in total. The topological polar surface area (TPSA) is 23.4 Å². The first-order chi connectivity index (χ1) is 12.6. The fourth-order valence-electron chi connectivity index (χ4n) is 4.41. The summed E-state index contributed by atoms with van der Waals surface area (Å²) in [6.45, 7) is 13.0. The van der Waals surface area contributed by atoms with Crippen LogP contribution in [0.5, 0.6) is 0 Å². The van der Waals surface area contributed by atoms with Crippen LogP contribution in [-0.4, -0.2) is 22.9 Å². The van der Waals surface area contributed by atoms with Crippen molar-refractivity contribution < 1.29 is 9.31 Å². The molecule has 0 spiro atoms.